The van der Waals surface area contributed by atoms with E-state index in [2.05, 4.69) is 45.2 Å². The lowest BCUT2D eigenvalue weighted by Crippen LogP contribution is -2.52. The van der Waals surface area contributed by atoms with E-state index < -0.39 is 10.0 Å². The van der Waals surface area contributed by atoms with E-state index in [1.165, 1.54) is 4.31 Å². The first-order valence-electron chi connectivity index (χ1n) is 5.43. The molecule has 18 heavy (non-hydrogen) atoms. The fourth-order valence-corrected chi connectivity index (χ4v) is 5.96. The van der Waals surface area contributed by atoms with E-state index in [-0.39, 0.29) is 14.3 Å². The maximum Gasteiger partial charge on any atom is 0.243 e. The lowest BCUT2D eigenvalue weighted by atomic mass is 10.3. The number of hydrogen-bond acceptors (Lipinski definition) is 3. The topological polar surface area (TPSA) is 46.6 Å². The predicted molar refractivity (Wildman–Crippen MR) is 86.5 cm³/mol. The number of morpholine rings is 1. The van der Waals surface area contributed by atoms with Gasteiger partial charge in [0.2, 0.25) is 10.0 Å². The Labute approximate surface area is 134 Å². The van der Waals surface area contributed by atoms with Gasteiger partial charge in [-0.05, 0) is 64.2 Å². The van der Waals surface area contributed by atoms with Crippen molar-refractivity contribution in [3.05, 3.63) is 30.3 Å². The lowest BCUT2D eigenvalue weighted by Gasteiger charge is -2.38. The molecule has 3 atom stereocenters. The third-order valence-electron chi connectivity index (χ3n) is 2.78. The number of ether oxygens (including phenoxy) is 1. The van der Waals surface area contributed by atoms with E-state index in [0.29, 0.717) is 11.4 Å². The Hall–Kier alpha value is 0.550. The van der Waals surface area contributed by atoms with Crippen molar-refractivity contribution >= 4 is 55.2 Å². The number of halogens is 2. The van der Waals surface area contributed by atoms with Crippen LogP contribution in [0.2, 0.25) is 0 Å². The molecule has 4 nitrogen and oxygen atoms in total. The van der Waals surface area contributed by atoms with Crippen molar-refractivity contribution in [2.75, 3.05) is 6.54 Å². The minimum Gasteiger partial charge on any atom is -0.351 e. The molecule has 0 aromatic heterocycles. The Kier molecular flexibility index (Phi) is 4.90. The van der Waals surface area contributed by atoms with Gasteiger partial charge >= 0.3 is 0 Å². The molecule has 0 bridgehead atoms. The molecule has 1 fully saturated rings. The van der Waals surface area contributed by atoms with Crippen molar-refractivity contribution in [1.29, 1.82) is 0 Å². The number of benzene rings is 1. The van der Waals surface area contributed by atoms with Crippen molar-refractivity contribution < 1.29 is 13.2 Å². The highest BCUT2D eigenvalue weighted by atomic mass is 127. The number of nitrogens with zero attached hydrogens (tertiary/aromatic N) is 1. The molecular weight excluding hydrogens is 480 g/mol. The van der Waals surface area contributed by atoms with Crippen molar-refractivity contribution in [1.82, 2.24) is 4.31 Å². The predicted octanol–water partition coefficient (Wildman–Crippen LogP) is 2.62. The Morgan fingerprint density at radius 3 is 2.50 bits per heavy atom. The number of rotatable bonds is 2. The summed E-state index contributed by atoms with van der Waals surface area (Å²) < 4.78 is 32.0. The van der Waals surface area contributed by atoms with Crippen LogP contribution in [0.25, 0.3) is 0 Å². The van der Waals surface area contributed by atoms with Crippen LogP contribution in [0.3, 0.4) is 0 Å². The Morgan fingerprint density at radius 2 is 1.89 bits per heavy atom. The van der Waals surface area contributed by atoms with Crippen molar-refractivity contribution in [2.45, 2.75) is 26.1 Å². The second-order valence-corrected chi connectivity index (χ2v) is 8.53. The van der Waals surface area contributed by atoms with E-state index in [1.54, 1.807) is 24.3 Å². The molecule has 0 N–H and O–H groups in total. The molecule has 7 heteroatoms. The molecule has 0 saturated carbocycles. The van der Waals surface area contributed by atoms with Gasteiger partial charge in [0.15, 0.2) is 0 Å². The molecule has 1 aliphatic heterocycles. The van der Waals surface area contributed by atoms with Gasteiger partial charge in [0.25, 0.3) is 0 Å². The molecular formula is C11H13I2NO3S. The van der Waals surface area contributed by atoms with Gasteiger partial charge < -0.3 is 4.74 Å². The van der Waals surface area contributed by atoms with Crippen LogP contribution >= 0.6 is 45.2 Å². The summed E-state index contributed by atoms with van der Waals surface area (Å²) in [5.41, 5.74) is 0. The largest absolute Gasteiger partial charge is 0.351 e. The smallest absolute Gasteiger partial charge is 0.243 e. The third kappa shape index (κ3) is 3.00. The van der Waals surface area contributed by atoms with E-state index in [1.807, 2.05) is 13.0 Å². The fraction of sp³-hybridized carbons (Fsp3) is 0.455. The van der Waals surface area contributed by atoms with E-state index in [4.69, 9.17) is 4.74 Å². The van der Waals surface area contributed by atoms with Gasteiger partial charge in [-0.15, -0.1) is 0 Å². The summed E-state index contributed by atoms with van der Waals surface area (Å²) in [5, 5.41) is 0. The van der Waals surface area contributed by atoms with Crippen LogP contribution in [0.15, 0.2) is 35.2 Å². The Balaban J connectivity index is 2.35. The zero-order valence-electron chi connectivity index (χ0n) is 9.66. The molecule has 0 radical (unpaired) electrons. The highest BCUT2D eigenvalue weighted by Crippen LogP contribution is 2.30. The summed E-state index contributed by atoms with van der Waals surface area (Å²) >= 11 is 4.26. The van der Waals surface area contributed by atoms with Crippen LogP contribution in [0.1, 0.15) is 6.92 Å². The summed E-state index contributed by atoms with van der Waals surface area (Å²) in [6.07, 6.45) is 0. The van der Waals surface area contributed by atoms with Crippen molar-refractivity contribution in [3.8, 4) is 0 Å². The van der Waals surface area contributed by atoms with E-state index >= 15 is 0 Å². The molecule has 2 rings (SSSR count). The number of alkyl halides is 2. The Morgan fingerprint density at radius 1 is 1.28 bits per heavy atom. The SMILES string of the molecule is CC1C(I)OC(I)CN1S(=O)(=O)c1ccccc1. The molecule has 0 spiro atoms. The molecule has 1 saturated heterocycles. The van der Waals surface area contributed by atoms with E-state index in [0.717, 1.165) is 0 Å². The van der Waals surface area contributed by atoms with Gasteiger partial charge in [0.05, 0.1) is 10.9 Å². The molecule has 1 aromatic rings. The van der Waals surface area contributed by atoms with Crippen molar-refractivity contribution in [2.24, 2.45) is 0 Å². The molecule has 1 aliphatic rings. The zero-order valence-corrected chi connectivity index (χ0v) is 14.8. The number of sulfonamides is 1. The van der Waals surface area contributed by atoms with Gasteiger partial charge in [-0.3, -0.25) is 0 Å². The highest BCUT2D eigenvalue weighted by Gasteiger charge is 2.39. The first-order valence-corrected chi connectivity index (χ1v) is 9.36. The highest BCUT2D eigenvalue weighted by molar-refractivity contribution is 14.1. The quantitative estimate of drug-likeness (QED) is 0.471. The number of hydrogen-bond donors (Lipinski definition) is 0. The minimum absolute atomic E-state index is 0.112. The monoisotopic (exact) mass is 493 g/mol. The average Bonchev–Trinajstić information content (AvgIpc) is 2.34. The standard InChI is InChI=1S/C11H13I2NO3S/c1-8-11(13)17-10(12)7-14(8)18(15,16)9-5-3-2-4-6-9/h2-6,8,10-11H,7H2,1H3. The molecule has 1 heterocycles. The molecule has 1 aromatic carbocycles. The molecule has 3 unspecified atom stereocenters. The Bertz CT molecular complexity index is 508. The summed E-state index contributed by atoms with van der Waals surface area (Å²) in [6.45, 7) is 2.26. The maximum absolute atomic E-state index is 12.6. The summed E-state index contributed by atoms with van der Waals surface area (Å²) in [5.74, 6) is 0. The zero-order chi connectivity index (χ0) is 13.3. The van der Waals surface area contributed by atoms with Crippen LogP contribution in [0, 0.1) is 0 Å². The van der Waals surface area contributed by atoms with Gasteiger partial charge in [0.1, 0.15) is 8.22 Å². The summed E-state index contributed by atoms with van der Waals surface area (Å²) in [4.78, 5) is 0.339. The normalized spacial score (nSPS) is 30.3. The first kappa shape index (κ1) is 14.9. The lowest BCUT2D eigenvalue weighted by molar-refractivity contribution is 0.0159. The molecule has 0 amide bonds. The van der Waals surface area contributed by atoms with Crippen molar-refractivity contribution in [3.63, 3.8) is 0 Å². The van der Waals surface area contributed by atoms with Crippen LogP contribution in [-0.4, -0.2) is 33.5 Å². The molecule has 100 valence electrons. The maximum atomic E-state index is 12.6. The second-order valence-electron chi connectivity index (χ2n) is 4.03. The third-order valence-corrected chi connectivity index (χ3v) is 6.77. The van der Waals surface area contributed by atoms with Gasteiger partial charge in [0, 0.05) is 6.54 Å². The summed E-state index contributed by atoms with van der Waals surface area (Å²) in [6, 6.07) is 8.37. The van der Waals surface area contributed by atoms with Crippen LogP contribution in [-0.2, 0) is 14.8 Å². The van der Waals surface area contributed by atoms with Gasteiger partial charge in [-0.2, -0.15) is 4.31 Å². The minimum atomic E-state index is -3.43. The first-order chi connectivity index (χ1) is 8.43. The van der Waals surface area contributed by atoms with Gasteiger partial charge in [-0.1, -0.05) is 18.2 Å². The van der Waals surface area contributed by atoms with E-state index in [9.17, 15) is 8.42 Å². The summed E-state index contributed by atoms with van der Waals surface area (Å²) in [7, 11) is -3.43. The second kappa shape index (κ2) is 5.90. The molecule has 0 aliphatic carbocycles. The van der Waals surface area contributed by atoms with Crippen LogP contribution in [0.4, 0.5) is 0 Å². The van der Waals surface area contributed by atoms with Gasteiger partial charge in [-0.25, -0.2) is 8.42 Å². The van der Waals surface area contributed by atoms with Crippen LogP contribution < -0.4 is 0 Å². The average molecular weight is 493 g/mol. The van der Waals surface area contributed by atoms with Crippen LogP contribution in [0.5, 0.6) is 0 Å². The fourth-order valence-electron chi connectivity index (χ4n) is 1.78.